The van der Waals surface area contributed by atoms with E-state index in [0.717, 1.165) is 49.1 Å². The van der Waals surface area contributed by atoms with Gasteiger partial charge in [0.15, 0.2) is 0 Å². The number of aromatic hydroxyl groups is 1. The van der Waals surface area contributed by atoms with Crippen LogP contribution in [-0.2, 0) is 17.6 Å². The van der Waals surface area contributed by atoms with Crippen LogP contribution in [0.2, 0.25) is 0 Å². The highest BCUT2D eigenvalue weighted by Gasteiger charge is 2.31. The van der Waals surface area contributed by atoms with Gasteiger partial charge < -0.3 is 24.5 Å². The van der Waals surface area contributed by atoms with Gasteiger partial charge in [0.1, 0.15) is 18.2 Å². The van der Waals surface area contributed by atoms with E-state index in [0.29, 0.717) is 50.6 Å². The molecule has 8 nitrogen and oxygen atoms in total. The van der Waals surface area contributed by atoms with Gasteiger partial charge in [-0.1, -0.05) is 30.8 Å². The predicted molar refractivity (Wildman–Crippen MR) is 153 cm³/mol. The minimum absolute atomic E-state index is 0.0229. The number of benzene rings is 2. The van der Waals surface area contributed by atoms with Gasteiger partial charge in [0, 0.05) is 37.8 Å². The topological polar surface area (TPSA) is 82.0 Å². The minimum Gasteiger partial charge on any atom is -0.508 e. The second-order valence-corrected chi connectivity index (χ2v) is 11.1. The Morgan fingerprint density at radius 3 is 2.72 bits per heavy atom. The molecule has 39 heavy (non-hydrogen) atoms. The number of hydrogen-bond donors (Lipinski definition) is 1. The maximum atomic E-state index is 12.1. The Balaban J connectivity index is 1.31. The van der Waals surface area contributed by atoms with Crippen molar-refractivity contribution in [1.29, 1.82) is 0 Å². The SMILES string of the molecule is C=CC(=O)N1CCN(c2nc(OCC3CCCN3C)nc3c2CCC(c2cc(O)cc4ccccc24)C3)CC1. The third-order valence-corrected chi connectivity index (χ3v) is 8.69. The summed E-state index contributed by atoms with van der Waals surface area (Å²) in [5.74, 6) is 1.47. The van der Waals surface area contributed by atoms with E-state index < -0.39 is 0 Å². The zero-order valence-corrected chi connectivity index (χ0v) is 22.7. The van der Waals surface area contributed by atoms with Crippen LogP contribution in [0.25, 0.3) is 10.8 Å². The molecule has 3 heterocycles. The van der Waals surface area contributed by atoms with Crippen molar-refractivity contribution in [2.45, 2.75) is 44.1 Å². The molecule has 0 radical (unpaired) electrons. The number of hydrogen-bond acceptors (Lipinski definition) is 7. The molecular formula is C31H37N5O3. The number of rotatable bonds is 6. The second kappa shape index (κ2) is 10.8. The Kier molecular flexibility index (Phi) is 7.12. The number of fused-ring (bicyclic) bond motifs is 2. The van der Waals surface area contributed by atoms with E-state index in [2.05, 4.69) is 41.6 Å². The molecule has 0 saturated carbocycles. The molecule has 3 aromatic rings. The number of phenolic OH excluding ortho intramolecular Hbond substituents is 1. The van der Waals surface area contributed by atoms with Gasteiger partial charge in [-0.3, -0.25) is 4.79 Å². The van der Waals surface area contributed by atoms with E-state index >= 15 is 0 Å². The summed E-state index contributed by atoms with van der Waals surface area (Å²) >= 11 is 0. The molecule has 2 fully saturated rings. The summed E-state index contributed by atoms with van der Waals surface area (Å²) in [6.07, 6.45) is 6.29. The summed E-state index contributed by atoms with van der Waals surface area (Å²) < 4.78 is 6.26. The zero-order chi connectivity index (χ0) is 26.9. The van der Waals surface area contributed by atoms with E-state index in [1.165, 1.54) is 29.0 Å². The Bertz CT molecular complexity index is 1380. The normalized spacial score (nSPS) is 21.7. The Morgan fingerprint density at radius 2 is 1.95 bits per heavy atom. The van der Waals surface area contributed by atoms with Gasteiger partial charge in [-0.15, -0.1) is 0 Å². The molecule has 1 aromatic heterocycles. The molecule has 1 aliphatic carbocycles. The predicted octanol–water partition coefficient (Wildman–Crippen LogP) is 3.92. The van der Waals surface area contributed by atoms with Crippen LogP contribution in [0.15, 0.2) is 49.1 Å². The van der Waals surface area contributed by atoms with Gasteiger partial charge in [0.05, 0.1) is 5.69 Å². The molecule has 6 rings (SSSR count). The first-order valence-corrected chi connectivity index (χ1v) is 14.1. The number of anilines is 1. The minimum atomic E-state index is -0.0229. The fourth-order valence-electron chi connectivity index (χ4n) is 6.46. The summed E-state index contributed by atoms with van der Waals surface area (Å²) in [4.78, 5) is 28.5. The van der Waals surface area contributed by atoms with Gasteiger partial charge in [-0.25, -0.2) is 0 Å². The van der Waals surface area contributed by atoms with E-state index in [1.807, 2.05) is 23.1 Å². The van der Waals surface area contributed by atoms with Crippen molar-refractivity contribution in [3.05, 3.63) is 65.9 Å². The lowest BCUT2D eigenvalue weighted by Crippen LogP contribution is -2.49. The summed E-state index contributed by atoms with van der Waals surface area (Å²) in [5, 5.41) is 12.7. The number of ether oxygens (including phenoxy) is 1. The van der Waals surface area contributed by atoms with Crippen LogP contribution >= 0.6 is 0 Å². The van der Waals surface area contributed by atoms with E-state index in [-0.39, 0.29) is 11.8 Å². The first-order valence-electron chi connectivity index (χ1n) is 14.1. The van der Waals surface area contributed by atoms with Gasteiger partial charge in [-0.2, -0.15) is 9.97 Å². The van der Waals surface area contributed by atoms with Gasteiger partial charge in [-0.05, 0) is 86.2 Å². The lowest BCUT2D eigenvalue weighted by Gasteiger charge is -2.37. The van der Waals surface area contributed by atoms with Crippen LogP contribution in [0.5, 0.6) is 11.8 Å². The Hall–Kier alpha value is -3.65. The average Bonchev–Trinajstić information content (AvgIpc) is 3.38. The highest BCUT2D eigenvalue weighted by molar-refractivity contribution is 5.88. The van der Waals surface area contributed by atoms with E-state index in [1.54, 1.807) is 0 Å². The van der Waals surface area contributed by atoms with Crippen LogP contribution in [0.3, 0.4) is 0 Å². The van der Waals surface area contributed by atoms with Crippen LogP contribution in [0.4, 0.5) is 5.82 Å². The largest absolute Gasteiger partial charge is 0.508 e. The Labute approximate surface area is 229 Å². The molecule has 1 N–H and O–H groups in total. The number of likely N-dealkylation sites (N-methyl/N-ethyl adjacent to an activating group) is 1. The van der Waals surface area contributed by atoms with Crippen LogP contribution in [0.1, 0.15) is 42.0 Å². The van der Waals surface area contributed by atoms with Crippen molar-refractivity contribution < 1.29 is 14.6 Å². The number of likely N-dealkylation sites (tertiary alicyclic amines) is 1. The number of phenols is 1. The highest BCUT2D eigenvalue weighted by Crippen LogP contribution is 2.40. The monoisotopic (exact) mass is 527 g/mol. The lowest BCUT2D eigenvalue weighted by molar-refractivity contribution is -0.126. The van der Waals surface area contributed by atoms with Crippen LogP contribution < -0.4 is 9.64 Å². The van der Waals surface area contributed by atoms with Crippen molar-refractivity contribution >= 4 is 22.5 Å². The van der Waals surface area contributed by atoms with Crippen molar-refractivity contribution in [3.8, 4) is 11.8 Å². The number of carbonyl (C=O) groups is 1. The first kappa shape index (κ1) is 25.6. The Morgan fingerprint density at radius 1 is 1.13 bits per heavy atom. The molecule has 2 saturated heterocycles. The third-order valence-electron chi connectivity index (χ3n) is 8.69. The van der Waals surface area contributed by atoms with Crippen LogP contribution in [-0.4, -0.2) is 83.2 Å². The molecular weight excluding hydrogens is 490 g/mol. The van der Waals surface area contributed by atoms with Crippen LogP contribution in [0, 0.1) is 0 Å². The van der Waals surface area contributed by atoms with Gasteiger partial charge in [0.25, 0.3) is 0 Å². The zero-order valence-electron chi connectivity index (χ0n) is 22.7. The smallest absolute Gasteiger partial charge is 0.318 e. The van der Waals surface area contributed by atoms with Crippen molar-refractivity contribution in [3.63, 3.8) is 0 Å². The molecule has 0 spiro atoms. The number of carbonyl (C=O) groups excluding carboxylic acids is 1. The van der Waals surface area contributed by atoms with Gasteiger partial charge >= 0.3 is 6.01 Å². The summed E-state index contributed by atoms with van der Waals surface area (Å²) in [6, 6.07) is 12.8. The summed E-state index contributed by atoms with van der Waals surface area (Å²) in [5.41, 5.74) is 3.38. The maximum absolute atomic E-state index is 12.1. The fourth-order valence-corrected chi connectivity index (χ4v) is 6.46. The second-order valence-electron chi connectivity index (χ2n) is 11.1. The average molecular weight is 528 g/mol. The molecule has 2 aromatic carbocycles. The highest BCUT2D eigenvalue weighted by atomic mass is 16.5. The van der Waals surface area contributed by atoms with Crippen molar-refractivity contribution in [2.24, 2.45) is 0 Å². The quantitative estimate of drug-likeness (QED) is 0.487. The number of aromatic nitrogens is 2. The molecule has 0 bridgehead atoms. The molecule has 2 aliphatic heterocycles. The summed E-state index contributed by atoms with van der Waals surface area (Å²) in [7, 11) is 2.15. The van der Waals surface area contributed by atoms with E-state index in [9.17, 15) is 9.90 Å². The fraction of sp³-hybridized carbons (Fsp3) is 0.452. The standard InChI is InChI=1S/C31H37N5O3/c1-3-29(38)35-13-15-36(16-14-35)30-26-11-10-22(27-19-24(37)17-21-7-4-5-9-25(21)27)18-28(26)32-31(33-30)39-20-23-8-6-12-34(23)2/h3-5,7,9,17,19,22-23,37H,1,6,8,10-16,18,20H2,2H3. The van der Waals surface area contributed by atoms with Crippen molar-refractivity contribution in [1.82, 2.24) is 19.8 Å². The van der Waals surface area contributed by atoms with Crippen molar-refractivity contribution in [2.75, 3.05) is 51.3 Å². The third kappa shape index (κ3) is 5.17. The molecule has 8 heteroatoms. The molecule has 2 unspecified atom stereocenters. The lowest BCUT2D eigenvalue weighted by atomic mass is 9.80. The number of amides is 1. The molecule has 3 aliphatic rings. The number of piperazine rings is 1. The van der Waals surface area contributed by atoms with E-state index in [4.69, 9.17) is 14.7 Å². The first-order chi connectivity index (χ1) is 19.0. The molecule has 204 valence electrons. The maximum Gasteiger partial charge on any atom is 0.318 e. The molecule has 1 amide bonds. The number of nitrogens with zero attached hydrogens (tertiary/aromatic N) is 5. The van der Waals surface area contributed by atoms with Gasteiger partial charge in [0.2, 0.25) is 5.91 Å². The summed E-state index contributed by atoms with van der Waals surface area (Å²) in [6.45, 7) is 8.03. The molecule has 2 atom stereocenters.